The summed E-state index contributed by atoms with van der Waals surface area (Å²) in [4.78, 5) is 30.6. The van der Waals surface area contributed by atoms with E-state index in [0.29, 0.717) is 5.69 Å². The molecular weight excluding hydrogens is 316 g/mol. The monoisotopic (exact) mass is 336 g/mol. The Morgan fingerprint density at radius 3 is 2.84 bits per heavy atom. The molecule has 1 amide bonds. The molecular formula is C18H20N6O. The molecule has 0 spiro atoms. The fraction of sp³-hybridized carbons (Fsp3) is 0.333. The quantitative estimate of drug-likeness (QED) is 0.764. The van der Waals surface area contributed by atoms with E-state index in [0.717, 1.165) is 48.7 Å². The van der Waals surface area contributed by atoms with E-state index in [-0.39, 0.29) is 11.9 Å². The SMILES string of the molecule is Cc1cnc2[nH]cnc(N3CCC(NC(=O)c4ccccn4)CC3)c1-2. The normalized spacial score (nSPS) is 15.5. The molecule has 128 valence electrons. The molecule has 3 aliphatic rings. The maximum Gasteiger partial charge on any atom is 0.270 e. The lowest BCUT2D eigenvalue weighted by atomic mass is 10.0. The van der Waals surface area contributed by atoms with Crippen LogP contribution in [0.1, 0.15) is 28.9 Å². The summed E-state index contributed by atoms with van der Waals surface area (Å²) < 4.78 is 0. The molecule has 0 atom stereocenters. The summed E-state index contributed by atoms with van der Waals surface area (Å²) in [5.41, 5.74) is 2.67. The second kappa shape index (κ2) is 6.51. The van der Waals surface area contributed by atoms with Crippen LogP contribution < -0.4 is 10.2 Å². The van der Waals surface area contributed by atoms with Crippen molar-refractivity contribution >= 4 is 11.7 Å². The number of pyridine rings is 1. The number of H-pyrrole nitrogens is 1. The van der Waals surface area contributed by atoms with Gasteiger partial charge < -0.3 is 15.2 Å². The topological polar surface area (TPSA) is 86.8 Å². The molecule has 1 aromatic rings. The Morgan fingerprint density at radius 1 is 1.24 bits per heavy atom. The number of carbonyl (C=O) groups excluding carboxylic acids is 1. The van der Waals surface area contributed by atoms with Gasteiger partial charge in [0.25, 0.3) is 5.91 Å². The number of carbonyl (C=O) groups is 1. The average molecular weight is 336 g/mol. The number of aromatic nitrogens is 4. The van der Waals surface area contributed by atoms with Crippen molar-refractivity contribution in [3.63, 3.8) is 0 Å². The molecule has 2 N–H and O–H groups in total. The van der Waals surface area contributed by atoms with E-state index >= 15 is 0 Å². The predicted molar refractivity (Wildman–Crippen MR) is 94.7 cm³/mol. The molecule has 1 aromatic heterocycles. The summed E-state index contributed by atoms with van der Waals surface area (Å²) in [6.07, 6.45) is 6.96. The number of nitrogens with one attached hydrogen (secondary N) is 2. The second-order valence-corrected chi connectivity index (χ2v) is 6.34. The maximum atomic E-state index is 12.2. The van der Waals surface area contributed by atoms with Crippen molar-refractivity contribution in [2.45, 2.75) is 25.8 Å². The van der Waals surface area contributed by atoms with E-state index in [1.54, 1.807) is 24.7 Å². The van der Waals surface area contributed by atoms with E-state index in [4.69, 9.17) is 0 Å². The van der Waals surface area contributed by atoms with Gasteiger partial charge in [0.05, 0.1) is 11.9 Å². The van der Waals surface area contributed by atoms with E-state index in [2.05, 4.69) is 30.2 Å². The maximum absolute atomic E-state index is 12.2. The number of amides is 1. The Kier molecular flexibility index (Phi) is 4.05. The van der Waals surface area contributed by atoms with Crippen molar-refractivity contribution < 1.29 is 4.79 Å². The molecule has 1 fully saturated rings. The van der Waals surface area contributed by atoms with Gasteiger partial charge >= 0.3 is 0 Å². The number of aromatic amines is 1. The third kappa shape index (κ3) is 3.05. The zero-order valence-electron chi connectivity index (χ0n) is 14.1. The number of hydrogen-bond donors (Lipinski definition) is 2. The van der Waals surface area contributed by atoms with Crippen LogP contribution in [0.25, 0.3) is 11.4 Å². The van der Waals surface area contributed by atoms with E-state index in [1.807, 2.05) is 19.2 Å². The number of rotatable bonds is 3. The molecule has 7 nitrogen and oxygen atoms in total. The number of piperidine rings is 1. The van der Waals surface area contributed by atoms with Crippen molar-refractivity contribution in [3.8, 4) is 11.4 Å². The van der Waals surface area contributed by atoms with Gasteiger partial charge in [-0.25, -0.2) is 9.97 Å². The van der Waals surface area contributed by atoms with Gasteiger partial charge in [-0.15, -0.1) is 0 Å². The van der Waals surface area contributed by atoms with Gasteiger partial charge in [0.15, 0.2) is 0 Å². The molecule has 0 saturated carbocycles. The lowest BCUT2D eigenvalue weighted by molar-refractivity contribution is 0.0926. The third-order valence-electron chi connectivity index (χ3n) is 4.66. The van der Waals surface area contributed by atoms with Gasteiger partial charge in [-0.2, -0.15) is 0 Å². The summed E-state index contributed by atoms with van der Waals surface area (Å²) in [6.45, 7) is 3.75. The average Bonchev–Trinajstić information content (AvgIpc) is 3.04. The van der Waals surface area contributed by atoms with Crippen molar-refractivity contribution in [1.29, 1.82) is 0 Å². The highest BCUT2D eigenvalue weighted by Gasteiger charge is 2.25. The Balaban J connectivity index is 1.42. The fourth-order valence-electron chi connectivity index (χ4n) is 3.32. The lowest BCUT2D eigenvalue weighted by Crippen LogP contribution is -2.45. The van der Waals surface area contributed by atoms with E-state index in [1.165, 1.54) is 0 Å². The first-order valence-corrected chi connectivity index (χ1v) is 8.48. The molecule has 0 aliphatic carbocycles. The number of nitrogens with zero attached hydrogens (tertiary/aromatic N) is 4. The summed E-state index contributed by atoms with van der Waals surface area (Å²) in [7, 11) is 0. The van der Waals surface area contributed by atoms with Crippen LogP contribution in [0.3, 0.4) is 0 Å². The van der Waals surface area contributed by atoms with Crippen LogP contribution >= 0.6 is 0 Å². The highest BCUT2D eigenvalue weighted by atomic mass is 16.1. The van der Waals surface area contributed by atoms with Gasteiger partial charge in [0.2, 0.25) is 0 Å². The first kappa shape index (κ1) is 15.6. The second-order valence-electron chi connectivity index (χ2n) is 6.34. The van der Waals surface area contributed by atoms with Gasteiger partial charge in [-0.1, -0.05) is 6.07 Å². The molecule has 0 radical (unpaired) electrons. The van der Waals surface area contributed by atoms with Crippen LogP contribution in [0.5, 0.6) is 0 Å². The largest absolute Gasteiger partial charge is 0.356 e. The zero-order chi connectivity index (χ0) is 17.2. The number of aryl methyl sites for hydroxylation is 1. The smallest absolute Gasteiger partial charge is 0.270 e. The Morgan fingerprint density at radius 2 is 2.08 bits per heavy atom. The third-order valence-corrected chi connectivity index (χ3v) is 4.66. The van der Waals surface area contributed by atoms with E-state index in [9.17, 15) is 4.79 Å². The van der Waals surface area contributed by atoms with Gasteiger partial charge in [0.1, 0.15) is 17.3 Å². The Hall–Kier alpha value is -2.96. The fourth-order valence-corrected chi connectivity index (χ4v) is 3.32. The lowest BCUT2D eigenvalue weighted by Gasteiger charge is -2.34. The van der Waals surface area contributed by atoms with Gasteiger partial charge in [-0.05, 0) is 37.5 Å². The summed E-state index contributed by atoms with van der Waals surface area (Å²) in [5, 5.41) is 3.08. The highest BCUT2D eigenvalue weighted by molar-refractivity contribution is 5.92. The van der Waals surface area contributed by atoms with Gasteiger partial charge in [0, 0.05) is 31.5 Å². The molecule has 7 heteroatoms. The molecule has 0 aromatic carbocycles. The zero-order valence-corrected chi connectivity index (χ0v) is 14.1. The highest BCUT2D eigenvalue weighted by Crippen LogP contribution is 2.32. The predicted octanol–water partition coefficient (Wildman–Crippen LogP) is 2.01. The number of fused-ring (bicyclic) bond motifs is 1. The van der Waals surface area contributed by atoms with Gasteiger partial charge in [-0.3, -0.25) is 9.78 Å². The molecule has 0 bridgehead atoms. The number of hydrogen-bond acceptors (Lipinski definition) is 5. The standard InChI is InChI=1S/C18H20N6O/c1-12-10-20-16-15(12)17(22-11-21-16)24-8-5-13(6-9-24)23-18(25)14-4-2-3-7-19-14/h2-4,7,10-11,13H,5-6,8-9H2,1H3,(H,23,25)(H,20,21,22). The van der Waals surface area contributed by atoms with Crippen molar-refractivity contribution in [3.05, 3.63) is 48.2 Å². The molecule has 0 unspecified atom stereocenters. The summed E-state index contributed by atoms with van der Waals surface area (Å²) in [6, 6.07) is 5.53. The minimum atomic E-state index is -0.107. The van der Waals surface area contributed by atoms with Crippen LogP contribution in [0.4, 0.5) is 5.82 Å². The Bertz CT molecular complexity index is 838. The van der Waals surface area contributed by atoms with Crippen LogP contribution in [0, 0.1) is 6.92 Å². The minimum Gasteiger partial charge on any atom is -0.356 e. The van der Waals surface area contributed by atoms with Crippen molar-refractivity contribution in [2.75, 3.05) is 18.0 Å². The Labute approximate surface area is 145 Å². The van der Waals surface area contributed by atoms with Crippen LogP contribution in [0.15, 0.2) is 36.9 Å². The van der Waals surface area contributed by atoms with Crippen LogP contribution in [-0.2, 0) is 0 Å². The minimum absolute atomic E-state index is 0.107. The van der Waals surface area contributed by atoms with Crippen LogP contribution in [0.2, 0.25) is 0 Å². The molecule has 1 saturated heterocycles. The first-order chi connectivity index (χ1) is 12.2. The molecule has 4 rings (SSSR count). The van der Waals surface area contributed by atoms with Crippen molar-refractivity contribution in [1.82, 2.24) is 25.3 Å². The van der Waals surface area contributed by atoms with E-state index < -0.39 is 0 Å². The van der Waals surface area contributed by atoms with Crippen LogP contribution in [-0.4, -0.2) is 45.0 Å². The van der Waals surface area contributed by atoms with Crippen molar-refractivity contribution in [2.24, 2.45) is 0 Å². The molecule has 25 heavy (non-hydrogen) atoms. The number of anilines is 1. The summed E-state index contributed by atoms with van der Waals surface area (Å²) in [5.74, 6) is 1.73. The summed E-state index contributed by atoms with van der Waals surface area (Å²) >= 11 is 0. The first-order valence-electron chi connectivity index (χ1n) is 8.48. The molecule has 3 aliphatic heterocycles. The molecule has 4 heterocycles.